The molecule has 0 spiro atoms. The molecule has 0 aromatic rings. The van der Waals surface area contributed by atoms with Gasteiger partial charge in [0.25, 0.3) is 6.29 Å². The Hall–Kier alpha value is -0.620. The zero-order valence-corrected chi connectivity index (χ0v) is 5.79. The molecule has 0 aliphatic heterocycles. The Morgan fingerprint density at radius 1 is 1.36 bits per heavy atom. The molecule has 0 aliphatic carbocycles. The highest BCUT2D eigenvalue weighted by molar-refractivity contribution is 5.62. The van der Waals surface area contributed by atoms with Crippen LogP contribution in [0.5, 0.6) is 0 Å². The summed E-state index contributed by atoms with van der Waals surface area (Å²) in [6, 6.07) is 0. The van der Waals surface area contributed by atoms with Crippen LogP contribution >= 0.6 is 0 Å². The van der Waals surface area contributed by atoms with Crippen molar-refractivity contribution < 1.29 is 25.2 Å². The van der Waals surface area contributed by atoms with Crippen LogP contribution in [0.25, 0.3) is 0 Å². The summed E-state index contributed by atoms with van der Waals surface area (Å²) in [5, 5.41) is 34.7. The summed E-state index contributed by atoms with van der Waals surface area (Å²) in [5.41, 5.74) is 0. The van der Waals surface area contributed by atoms with E-state index in [2.05, 4.69) is 0 Å². The number of carbonyl (C=O) groups excluding carboxylic acids is 1. The molecule has 0 radical (unpaired) electrons. The van der Waals surface area contributed by atoms with Crippen LogP contribution in [-0.4, -0.2) is 51.6 Å². The minimum Gasteiger partial charge on any atom is -0.394 e. The van der Waals surface area contributed by atoms with Crippen molar-refractivity contribution in [1.29, 1.82) is 0 Å². The second-order valence-corrected chi connectivity index (χ2v) is 2.06. The van der Waals surface area contributed by atoms with E-state index in [0.29, 0.717) is 6.29 Å². The van der Waals surface area contributed by atoms with Crippen LogP contribution in [0.2, 0.25) is 0 Å². The van der Waals surface area contributed by atoms with Gasteiger partial charge in [0, 0.05) is 0 Å². The lowest BCUT2D eigenvalue weighted by Gasteiger charge is -2.14. The molecular weight excluding hydrogens is 152 g/mol. The van der Waals surface area contributed by atoms with Crippen molar-refractivity contribution in [1.82, 2.24) is 0 Å². The molecule has 0 fully saturated rings. The van der Waals surface area contributed by atoms with Gasteiger partial charge in [0.15, 0.2) is 12.5 Å². The van der Waals surface area contributed by atoms with Gasteiger partial charge in [-0.25, -0.2) is 4.79 Å². The first-order valence-corrected chi connectivity index (χ1v) is 3.07. The molecule has 0 bridgehead atoms. The normalized spacial score (nSPS) is 18.5. The van der Waals surface area contributed by atoms with E-state index >= 15 is 0 Å². The second kappa shape index (κ2) is 5.09. The summed E-state index contributed by atoms with van der Waals surface area (Å²) in [4.78, 5) is 9.76. The van der Waals surface area contributed by atoms with E-state index in [1.165, 1.54) is 0 Å². The van der Waals surface area contributed by atoms with Gasteiger partial charge in [0.2, 0.25) is 6.10 Å². The van der Waals surface area contributed by atoms with Crippen LogP contribution in [0.15, 0.2) is 0 Å². The predicted molar refractivity (Wildman–Crippen MR) is 35.5 cm³/mol. The zero-order chi connectivity index (χ0) is 8.85. The van der Waals surface area contributed by atoms with Crippen molar-refractivity contribution in [3.63, 3.8) is 0 Å². The first-order valence-electron chi connectivity index (χ1n) is 3.07. The molecule has 0 aliphatic rings. The Morgan fingerprint density at radius 2 is 1.91 bits per heavy atom. The van der Waals surface area contributed by atoms with Crippen molar-refractivity contribution in [2.75, 3.05) is 6.61 Å². The number of aldehydes is 1. The van der Waals surface area contributed by atoms with Gasteiger partial charge >= 0.3 is 0 Å². The quantitative estimate of drug-likeness (QED) is 0.264. The molecule has 0 saturated heterocycles. The minimum absolute atomic E-state index is 0.304. The van der Waals surface area contributed by atoms with Crippen LogP contribution in [-0.2, 0) is 4.79 Å². The predicted octanol–water partition coefficient (Wildman–Crippen LogP) is -2.54. The molecule has 0 aromatic heterocycles. The Morgan fingerprint density at radius 3 is 2.27 bits per heavy atom. The Balaban J connectivity index is 3.79. The molecule has 4 N–H and O–H groups in total. The van der Waals surface area contributed by atoms with Gasteiger partial charge in [-0.05, 0) is 0 Å². The molecule has 0 rings (SSSR count). The average molecular weight is 163 g/mol. The number of aliphatic hydroxyl groups excluding tert-OH is 4. The van der Waals surface area contributed by atoms with E-state index in [9.17, 15) is 4.79 Å². The third-order valence-corrected chi connectivity index (χ3v) is 1.21. The van der Waals surface area contributed by atoms with Gasteiger partial charge in [-0.3, -0.25) is 0 Å². The van der Waals surface area contributed by atoms with Gasteiger partial charge in [-0.15, -0.1) is 0 Å². The largest absolute Gasteiger partial charge is 0.394 e. The van der Waals surface area contributed by atoms with Crippen molar-refractivity contribution in [3.05, 3.63) is 6.42 Å². The van der Waals surface area contributed by atoms with E-state index in [1.54, 1.807) is 0 Å². The van der Waals surface area contributed by atoms with Crippen molar-refractivity contribution in [2.24, 2.45) is 0 Å². The molecule has 3 unspecified atom stereocenters. The molecule has 64 valence electrons. The summed E-state index contributed by atoms with van der Waals surface area (Å²) in [5.74, 6) is 0. The highest BCUT2D eigenvalue weighted by atomic mass is 16.4. The molecule has 5 nitrogen and oxygen atoms in total. The van der Waals surface area contributed by atoms with Gasteiger partial charge in [0.05, 0.1) is 6.61 Å². The van der Waals surface area contributed by atoms with Gasteiger partial charge < -0.3 is 20.4 Å². The lowest BCUT2D eigenvalue weighted by atomic mass is 10.1. The van der Waals surface area contributed by atoms with Crippen LogP contribution in [0.4, 0.5) is 0 Å². The smallest absolute Gasteiger partial charge is 0.297 e. The van der Waals surface area contributed by atoms with E-state index in [4.69, 9.17) is 20.4 Å². The zero-order valence-electron chi connectivity index (χ0n) is 5.79. The first-order chi connectivity index (χ1) is 5.13. The Labute approximate surface area is 63.9 Å². The third kappa shape index (κ3) is 3.33. The van der Waals surface area contributed by atoms with E-state index < -0.39 is 24.9 Å². The molecule has 0 amide bonds. The number of aliphatic hydroxyl groups is 4. The first kappa shape index (κ1) is 10.4. The van der Waals surface area contributed by atoms with Crippen molar-refractivity contribution >= 4 is 6.29 Å². The number of rotatable bonds is 5. The molecule has 0 aromatic carbocycles. The fraction of sp³-hybridized carbons (Fsp3) is 0.667. The number of carbonyl (C=O) groups is 1. The van der Waals surface area contributed by atoms with Crippen LogP contribution in [0, 0.1) is 6.42 Å². The monoisotopic (exact) mass is 163 g/mol. The summed E-state index contributed by atoms with van der Waals surface area (Å²) < 4.78 is 0. The summed E-state index contributed by atoms with van der Waals surface area (Å²) in [7, 11) is 0. The Bertz CT molecular complexity index is 116. The lowest BCUT2D eigenvalue weighted by molar-refractivity contribution is -0.109. The standard InChI is InChI=1S/C6H11O5/c7-2-1-4(9)6(11)5(10)3-8/h1-2,4-6,8-11H,3H2/q+1. The van der Waals surface area contributed by atoms with Crippen molar-refractivity contribution in [2.45, 2.75) is 18.3 Å². The van der Waals surface area contributed by atoms with E-state index in [1.807, 2.05) is 0 Å². The average Bonchev–Trinajstić information content (AvgIpc) is 2.02. The Kier molecular flexibility index (Phi) is 4.80. The maximum Gasteiger partial charge on any atom is 0.297 e. The third-order valence-electron chi connectivity index (χ3n) is 1.21. The van der Waals surface area contributed by atoms with Gasteiger partial charge in [-0.1, -0.05) is 0 Å². The summed E-state index contributed by atoms with van der Waals surface area (Å²) in [6.45, 7) is -0.662. The van der Waals surface area contributed by atoms with Crippen LogP contribution < -0.4 is 0 Å². The minimum atomic E-state index is -1.52. The molecule has 3 atom stereocenters. The number of hydrogen-bond donors (Lipinski definition) is 4. The van der Waals surface area contributed by atoms with Gasteiger partial charge in [-0.2, -0.15) is 0 Å². The van der Waals surface area contributed by atoms with Crippen LogP contribution in [0.3, 0.4) is 0 Å². The van der Waals surface area contributed by atoms with Crippen LogP contribution in [0.1, 0.15) is 0 Å². The highest BCUT2D eigenvalue weighted by Crippen LogP contribution is 2.01. The topological polar surface area (TPSA) is 98.0 Å². The van der Waals surface area contributed by atoms with Crippen molar-refractivity contribution in [3.8, 4) is 0 Å². The maximum absolute atomic E-state index is 9.76. The van der Waals surface area contributed by atoms with Gasteiger partial charge in [0.1, 0.15) is 6.10 Å². The lowest BCUT2D eigenvalue weighted by Crippen LogP contribution is -2.39. The highest BCUT2D eigenvalue weighted by Gasteiger charge is 2.29. The molecular formula is C6H11O5+. The van der Waals surface area contributed by atoms with E-state index in [-0.39, 0.29) is 0 Å². The SMILES string of the molecule is O=C[CH+]C(O)C(O)C(O)CO. The fourth-order valence-electron chi connectivity index (χ4n) is 0.530. The molecule has 0 heterocycles. The fourth-order valence-corrected chi connectivity index (χ4v) is 0.530. The van der Waals surface area contributed by atoms with E-state index in [0.717, 1.165) is 6.42 Å². The second-order valence-electron chi connectivity index (χ2n) is 2.06. The summed E-state index contributed by atoms with van der Waals surface area (Å²) in [6.07, 6.45) is -3.30. The maximum atomic E-state index is 9.76. The molecule has 11 heavy (non-hydrogen) atoms. The molecule has 5 heteroatoms. The summed E-state index contributed by atoms with van der Waals surface area (Å²) >= 11 is 0. The molecule has 0 saturated carbocycles. The number of hydrogen-bond acceptors (Lipinski definition) is 5.